The predicted molar refractivity (Wildman–Crippen MR) is 123 cm³/mol. The number of β-lactam (4-membered cyclic amide) rings is 1. The number of anilines is 1. The minimum atomic E-state index is -0.737. The Morgan fingerprint density at radius 2 is 1.55 bits per heavy atom. The zero-order chi connectivity index (χ0) is 23.4. The van der Waals surface area contributed by atoms with E-state index in [1.807, 2.05) is 24.3 Å². The van der Waals surface area contributed by atoms with Crippen LogP contribution in [-0.2, 0) is 9.53 Å². The van der Waals surface area contributed by atoms with Crippen molar-refractivity contribution in [3.63, 3.8) is 0 Å². The fraction of sp³-hybridized carbons (Fsp3) is 0.231. The third-order valence-corrected chi connectivity index (χ3v) is 5.48. The summed E-state index contributed by atoms with van der Waals surface area (Å²) in [5.74, 6) is 1.33. The van der Waals surface area contributed by atoms with Gasteiger partial charge >= 0.3 is 5.97 Å². The molecule has 170 valence electrons. The highest BCUT2D eigenvalue weighted by Gasteiger charge is 2.52. The highest BCUT2D eigenvalue weighted by atomic mass is 16.5. The van der Waals surface area contributed by atoms with Gasteiger partial charge < -0.3 is 18.9 Å². The molecule has 2 atom stereocenters. The van der Waals surface area contributed by atoms with Crippen molar-refractivity contribution >= 4 is 17.6 Å². The zero-order valence-electron chi connectivity index (χ0n) is 18.7. The number of methoxy groups -OCH3 is 2. The van der Waals surface area contributed by atoms with Gasteiger partial charge in [-0.25, -0.2) is 4.79 Å². The van der Waals surface area contributed by atoms with E-state index in [-0.39, 0.29) is 5.91 Å². The molecule has 33 heavy (non-hydrogen) atoms. The summed E-state index contributed by atoms with van der Waals surface area (Å²) in [5.41, 5.74) is 1.90. The second-order valence-electron chi connectivity index (χ2n) is 7.38. The first-order valence-electron chi connectivity index (χ1n) is 10.6. The Hall–Kier alpha value is -4.00. The van der Waals surface area contributed by atoms with E-state index < -0.39 is 18.1 Å². The minimum Gasteiger partial charge on any atom is -0.497 e. The number of esters is 1. The molecule has 1 fully saturated rings. The first-order valence-corrected chi connectivity index (χ1v) is 10.6. The number of nitrogens with zero attached hydrogens (tertiary/aromatic N) is 1. The lowest BCUT2D eigenvalue weighted by molar-refractivity contribution is -0.135. The van der Waals surface area contributed by atoms with Crippen LogP contribution in [0.15, 0.2) is 72.8 Å². The van der Waals surface area contributed by atoms with Crippen LogP contribution < -0.4 is 19.1 Å². The molecule has 1 saturated heterocycles. The van der Waals surface area contributed by atoms with Gasteiger partial charge in [-0.2, -0.15) is 0 Å². The number of carbonyl (C=O) groups is 2. The fourth-order valence-electron chi connectivity index (χ4n) is 3.85. The molecule has 0 aromatic heterocycles. The second-order valence-corrected chi connectivity index (χ2v) is 7.38. The van der Waals surface area contributed by atoms with Crippen LogP contribution in [0.2, 0.25) is 0 Å². The molecule has 7 nitrogen and oxygen atoms in total. The maximum atomic E-state index is 13.2. The van der Waals surface area contributed by atoms with Gasteiger partial charge in [-0.05, 0) is 61.5 Å². The molecule has 3 aromatic rings. The van der Waals surface area contributed by atoms with Crippen LogP contribution >= 0.6 is 0 Å². The van der Waals surface area contributed by atoms with Gasteiger partial charge in [-0.3, -0.25) is 9.69 Å². The quantitative estimate of drug-likeness (QED) is 0.376. The van der Waals surface area contributed by atoms with E-state index >= 15 is 0 Å². The van der Waals surface area contributed by atoms with Crippen molar-refractivity contribution in [2.45, 2.75) is 19.1 Å². The van der Waals surface area contributed by atoms with Crippen LogP contribution in [0.5, 0.6) is 17.2 Å². The van der Waals surface area contributed by atoms with Crippen molar-refractivity contribution in [2.75, 3.05) is 25.7 Å². The highest BCUT2D eigenvalue weighted by molar-refractivity contribution is 6.05. The molecule has 3 aromatic carbocycles. The standard InChI is InChI=1S/C26H25NO6/c1-4-32-26(29)17-9-11-18(12-10-17)27-23(21-7-5-6-8-22(21)31-3)24(25(27)28)33-20-15-13-19(30-2)14-16-20/h5-16,23-24H,4H2,1-3H3/t23-,24-/m0/s1. The summed E-state index contributed by atoms with van der Waals surface area (Å²) in [6.07, 6.45) is -0.737. The largest absolute Gasteiger partial charge is 0.497 e. The van der Waals surface area contributed by atoms with E-state index in [2.05, 4.69) is 0 Å². The van der Waals surface area contributed by atoms with E-state index in [1.54, 1.807) is 74.6 Å². The molecular weight excluding hydrogens is 422 g/mol. The average molecular weight is 447 g/mol. The summed E-state index contributed by atoms with van der Waals surface area (Å²) in [6, 6.07) is 21.0. The highest BCUT2D eigenvalue weighted by Crippen LogP contribution is 2.44. The van der Waals surface area contributed by atoms with Crippen LogP contribution in [0, 0.1) is 0 Å². The van der Waals surface area contributed by atoms with E-state index in [0.29, 0.717) is 35.1 Å². The first kappa shape index (κ1) is 22.2. The van der Waals surface area contributed by atoms with Crippen LogP contribution in [-0.4, -0.2) is 38.8 Å². The van der Waals surface area contributed by atoms with Gasteiger partial charge in [0.2, 0.25) is 6.10 Å². The normalized spacial score (nSPS) is 17.2. The molecule has 0 radical (unpaired) electrons. The third-order valence-electron chi connectivity index (χ3n) is 5.48. The van der Waals surface area contributed by atoms with Crippen molar-refractivity contribution in [2.24, 2.45) is 0 Å². The summed E-state index contributed by atoms with van der Waals surface area (Å²) in [4.78, 5) is 26.9. The second kappa shape index (κ2) is 9.65. The lowest BCUT2D eigenvalue weighted by atomic mass is 9.89. The molecule has 0 unspecified atom stereocenters. The number of amides is 1. The van der Waals surface area contributed by atoms with Gasteiger partial charge in [0.1, 0.15) is 23.3 Å². The van der Waals surface area contributed by atoms with E-state index in [1.165, 1.54) is 0 Å². The Labute approximate surface area is 192 Å². The number of carbonyl (C=O) groups excluding carboxylic acids is 2. The van der Waals surface area contributed by atoms with Crippen molar-refractivity contribution in [1.82, 2.24) is 0 Å². The van der Waals surface area contributed by atoms with Gasteiger partial charge in [-0.15, -0.1) is 0 Å². The fourth-order valence-corrected chi connectivity index (χ4v) is 3.85. The molecule has 1 heterocycles. The Kier molecular flexibility index (Phi) is 6.49. The Bertz CT molecular complexity index is 1130. The molecule has 0 saturated carbocycles. The lowest BCUT2D eigenvalue weighted by Crippen LogP contribution is -2.61. The zero-order valence-corrected chi connectivity index (χ0v) is 18.7. The number of ether oxygens (including phenoxy) is 4. The number of hydrogen-bond donors (Lipinski definition) is 0. The molecule has 0 N–H and O–H groups in total. The summed E-state index contributed by atoms with van der Waals surface area (Å²) >= 11 is 0. The summed E-state index contributed by atoms with van der Waals surface area (Å²) < 4.78 is 21.9. The number of benzene rings is 3. The molecule has 4 rings (SSSR count). The number of para-hydroxylation sites is 1. The molecule has 1 aliphatic rings. The van der Waals surface area contributed by atoms with Crippen molar-refractivity contribution in [1.29, 1.82) is 0 Å². The van der Waals surface area contributed by atoms with Crippen molar-refractivity contribution < 1.29 is 28.5 Å². The predicted octanol–water partition coefficient (Wildman–Crippen LogP) is 4.42. The van der Waals surface area contributed by atoms with E-state index in [0.717, 1.165) is 5.56 Å². The Morgan fingerprint density at radius 3 is 2.18 bits per heavy atom. The Balaban J connectivity index is 1.66. The smallest absolute Gasteiger partial charge is 0.338 e. The van der Waals surface area contributed by atoms with Gasteiger partial charge in [0, 0.05) is 11.3 Å². The Morgan fingerprint density at radius 1 is 0.879 bits per heavy atom. The summed E-state index contributed by atoms with van der Waals surface area (Å²) in [6.45, 7) is 2.05. The van der Waals surface area contributed by atoms with E-state index in [9.17, 15) is 9.59 Å². The molecule has 1 amide bonds. The summed E-state index contributed by atoms with van der Waals surface area (Å²) in [7, 11) is 3.19. The number of hydrogen-bond acceptors (Lipinski definition) is 6. The van der Waals surface area contributed by atoms with Crippen LogP contribution in [0.1, 0.15) is 28.9 Å². The SMILES string of the molecule is CCOC(=O)c1ccc(N2C(=O)[C@@H](Oc3ccc(OC)cc3)[C@@H]2c2ccccc2OC)cc1. The van der Waals surface area contributed by atoms with E-state index in [4.69, 9.17) is 18.9 Å². The molecule has 1 aliphatic heterocycles. The molecule has 0 spiro atoms. The minimum absolute atomic E-state index is 0.189. The van der Waals surface area contributed by atoms with Gasteiger partial charge in [0.15, 0.2) is 0 Å². The van der Waals surface area contributed by atoms with Gasteiger partial charge in [0.25, 0.3) is 5.91 Å². The average Bonchev–Trinajstić information content (AvgIpc) is 2.86. The van der Waals surface area contributed by atoms with Crippen LogP contribution in [0.25, 0.3) is 0 Å². The molecular formula is C26H25NO6. The third kappa shape index (κ3) is 4.35. The number of rotatable bonds is 8. The molecule has 7 heteroatoms. The van der Waals surface area contributed by atoms with Gasteiger partial charge in [-0.1, -0.05) is 18.2 Å². The van der Waals surface area contributed by atoms with Crippen molar-refractivity contribution in [3.8, 4) is 17.2 Å². The maximum Gasteiger partial charge on any atom is 0.338 e. The molecule has 0 bridgehead atoms. The van der Waals surface area contributed by atoms with Crippen LogP contribution in [0.3, 0.4) is 0 Å². The maximum absolute atomic E-state index is 13.2. The lowest BCUT2D eigenvalue weighted by Gasteiger charge is -2.47. The summed E-state index contributed by atoms with van der Waals surface area (Å²) in [5, 5.41) is 0. The van der Waals surface area contributed by atoms with Gasteiger partial charge in [0.05, 0.1) is 26.4 Å². The van der Waals surface area contributed by atoms with Crippen LogP contribution in [0.4, 0.5) is 5.69 Å². The topological polar surface area (TPSA) is 74.3 Å². The molecule has 0 aliphatic carbocycles. The first-order chi connectivity index (χ1) is 16.1. The monoisotopic (exact) mass is 447 g/mol. The van der Waals surface area contributed by atoms with Crippen molar-refractivity contribution in [3.05, 3.63) is 83.9 Å².